The van der Waals surface area contributed by atoms with Crippen molar-refractivity contribution in [3.8, 4) is 5.75 Å². The predicted molar refractivity (Wildman–Crippen MR) is 140 cm³/mol. The predicted octanol–water partition coefficient (Wildman–Crippen LogP) is 5.30. The summed E-state index contributed by atoms with van der Waals surface area (Å²) in [7, 11) is 0. The van der Waals surface area contributed by atoms with Gasteiger partial charge in [-0.1, -0.05) is 35.3 Å². The summed E-state index contributed by atoms with van der Waals surface area (Å²) in [6, 6.07) is 14.7. The number of amides is 3. The van der Waals surface area contributed by atoms with Crippen LogP contribution < -0.4 is 20.3 Å². The van der Waals surface area contributed by atoms with Gasteiger partial charge in [-0.2, -0.15) is 0 Å². The van der Waals surface area contributed by atoms with Crippen LogP contribution in [0.3, 0.4) is 0 Å². The Hall–Kier alpha value is -3.46. The number of ether oxygens (including phenoxy) is 1. The Bertz CT molecular complexity index is 1330. The Kier molecular flexibility index (Phi) is 7.07. The van der Waals surface area contributed by atoms with Gasteiger partial charge in [-0.15, -0.1) is 0 Å². The maximum atomic E-state index is 12.7. The number of nitrogens with zero attached hydrogens (tertiary/aromatic N) is 1. The summed E-state index contributed by atoms with van der Waals surface area (Å²) in [5.41, 5.74) is 3.08. The smallest absolute Gasteiger partial charge is 0.266 e. The Morgan fingerprint density at radius 1 is 0.971 bits per heavy atom. The quantitative estimate of drug-likeness (QED) is 0.345. The number of nitrogens with one attached hydrogen (secondary N) is 2. The van der Waals surface area contributed by atoms with Gasteiger partial charge in [-0.3, -0.25) is 19.7 Å². The number of halogens is 2. The molecular formula is C25H19Cl2N3O4S. The average molecular weight is 528 g/mol. The van der Waals surface area contributed by atoms with Crippen LogP contribution in [0.25, 0.3) is 0 Å². The third-order valence-electron chi connectivity index (χ3n) is 5.29. The number of hydrogen-bond acceptors (Lipinski definition) is 5. The molecule has 7 nitrogen and oxygen atoms in total. The van der Waals surface area contributed by atoms with Crippen LogP contribution in [0.15, 0.2) is 54.6 Å². The molecule has 0 saturated carbocycles. The van der Waals surface area contributed by atoms with Crippen molar-refractivity contribution in [3.05, 3.63) is 86.9 Å². The van der Waals surface area contributed by atoms with E-state index in [1.165, 1.54) is 6.07 Å². The van der Waals surface area contributed by atoms with Gasteiger partial charge in [0.1, 0.15) is 5.75 Å². The van der Waals surface area contributed by atoms with Gasteiger partial charge >= 0.3 is 0 Å². The number of benzene rings is 3. The van der Waals surface area contributed by atoms with Crippen molar-refractivity contribution in [2.45, 2.75) is 13.8 Å². The van der Waals surface area contributed by atoms with E-state index in [4.69, 9.17) is 40.2 Å². The lowest BCUT2D eigenvalue weighted by Crippen LogP contribution is -2.37. The van der Waals surface area contributed by atoms with Gasteiger partial charge in [-0.05, 0) is 79.7 Å². The maximum Gasteiger partial charge on any atom is 0.266 e. The highest BCUT2D eigenvalue weighted by Crippen LogP contribution is 2.33. The zero-order valence-electron chi connectivity index (χ0n) is 18.6. The first-order valence-corrected chi connectivity index (χ1v) is 11.6. The summed E-state index contributed by atoms with van der Waals surface area (Å²) in [6.07, 6.45) is 0. The summed E-state index contributed by atoms with van der Waals surface area (Å²) < 4.78 is 5.53. The molecule has 0 saturated heterocycles. The number of anilines is 2. The van der Waals surface area contributed by atoms with Crippen LogP contribution in [-0.4, -0.2) is 29.4 Å². The third kappa shape index (κ3) is 5.14. The second-order valence-electron chi connectivity index (χ2n) is 7.82. The Balaban J connectivity index is 1.37. The van der Waals surface area contributed by atoms with Crippen molar-refractivity contribution in [2.24, 2.45) is 0 Å². The van der Waals surface area contributed by atoms with Crippen LogP contribution in [0.2, 0.25) is 10.0 Å². The fraction of sp³-hybridized carbons (Fsp3) is 0.120. The number of imide groups is 1. The van der Waals surface area contributed by atoms with Gasteiger partial charge in [0.15, 0.2) is 11.7 Å². The van der Waals surface area contributed by atoms with Crippen molar-refractivity contribution in [1.82, 2.24) is 5.32 Å². The van der Waals surface area contributed by atoms with E-state index in [0.29, 0.717) is 33.3 Å². The number of hydrogen-bond donors (Lipinski definition) is 2. The fourth-order valence-corrected chi connectivity index (χ4v) is 4.18. The molecule has 0 unspecified atom stereocenters. The van der Waals surface area contributed by atoms with Crippen molar-refractivity contribution >= 4 is 69.6 Å². The highest BCUT2D eigenvalue weighted by Gasteiger charge is 2.36. The van der Waals surface area contributed by atoms with Gasteiger partial charge < -0.3 is 10.1 Å². The SMILES string of the molecule is Cc1cc(OCC(=O)NC(=S)Nc2ccc(N3C(=O)c4ccccc4C3=O)cc2Cl)cc(C)c1Cl. The molecule has 0 fully saturated rings. The van der Waals surface area contributed by atoms with E-state index in [1.807, 2.05) is 13.8 Å². The molecule has 1 aliphatic heterocycles. The number of aryl methyl sites for hydroxylation is 2. The fourth-order valence-electron chi connectivity index (χ4n) is 3.62. The number of carbonyl (C=O) groups excluding carboxylic acids is 3. The van der Waals surface area contributed by atoms with E-state index in [1.54, 1.807) is 48.5 Å². The van der Waals surface area contributed by atoms with Crippen LogP contribution in [-0.2, 0) is 4.79 Å². The summed E-state index contributed by atoms with van der Waals surface area (Å²) in [4.78, 5) is 38.7. The number of thiocarbonyl (C=S) groups is 1. The molecule has 10 heteroatoms. The molecule has 3 amide bonds. The van der Waals surface area contributed by atoms with E-state index >= 15 is 0 Å². The molecule has 178 valence electrons. The Morgan fingerprint density at radius 3 is 2.14 bits per heavy atom. The molecule has 0 aliphatic carbocycles. The minimum absolute atomic E-state index is 0.0115. The molecule has 2 N–H and O–H groups in total. The lowest BCUT2D eigenvalue weighted by atomic mass is 10.1. The maximum absolute atomic E-state index is 12.7. The van der Waals surface area contributed by atoms with Gasteiger partial charge in [-0.25, -0.2) is 4.90 Å². The molecule has 0 bridgehead atoms. The summed E-state index contributed by atoms with van der Waals surface area (Å²) in [6.45, 7) is 3.45. The molecule has 1 heterocycles. The normalized spacial score (nSPS) is 12.4. The van der Waals surface area contributed by atoms with Crippen molar-refractivity contribution in [2.75, 3.05) is 16.8 Å². The van der Waals surface area contributed by atoms with Crippen LogP contribution in [0.5, 0.6) is 5.75 Å². The van der Waals surface area contributed by atoms with Gasteiger partial charge in [0.25, 0.3) is 17.7 Å². The molecule has 3 aromatic rings. The van der Waals surface area contributed by atoms with E-state index in [9.17, 15) is 14.4 Å². The third-order valence-corrected chi connectivity index (χ3v) is 6.40. The van der Waals surface area contributed by atoms with Crippen molar-refractivity contribution in [3.63, 3.8) is 0 Å². The summed E-state index contributed by atoms with van der Waals surface area (Å²) in [5, 5.41) is 6.21. The van der Waals surface area contributed by atoms with Crippen LogP contribution >= 0.6 is 35.4 Å². The standard InChI is InChI=1S/C25H19Cl2N3O4S/c1-13-9-16(10-14(2)22(13)27)34-12-21(31)29-25(35)28-20-8-7-15(11-19(20)26)30-23(32)17-5-3-4-6-18(17)24(30)33/h3-11H,12H2,1-2H3,(H2,28,29,31,35). The molecule has 4 rings (SSSR count). The number of fused-ring (bicyclic) bond motifs is 1. The first kappa shape index (κ1) is 24.7. The van der Waals surface area contributed by atoms with Crippen molar-refractivity contribution in [1.29, 1.82) is 0 Å². The zero-order chi connectivity index (χ0) is 25.3. The zero-order valence-corrected chi connectivity index (χ0v) is 21.0. The molecule has 0 radical (unpaired) electrons. The van der Waals surface area contributed by atoms with Gasteiger partial charge in [0.2, 0.25) is 0 Å². The lowest BCUT2D eigenvalue weighted by molar-refractivity contribution is -0.121. The first-order chi connectivity index (χ1) is 16.7. The second-order valence-corrected chi connectivity index (χ2v) is 9.01. The van der Waals surface area contributed by atoms with E-state index < -0.39 is 17.7 Å². The largest absolute Gasteiger partial charge is 0.484 e. The van der Waals surface area contributed by atoms with E-state index in [2.05, 4.69) is 10.6 Å². The molecule has 0 aromatic heterocycles. The minimum atomic E-state index is -0.466. The highest BCUT2D eigenvalue weighted by atomic mass is 35.5. The van der Waals surface area contributed by atoms with Gasteiger partial charge in [0.05, 0.1) is 27.5 Å². The number of carbonyl (C=O) groups is 3. The number of rotatable bonds is 5. The summed E-state index contributed by atoms with van der Waals surface area (Å²) >= 11 is 17.7. The molecule has 0 spiro atoms. The van der Waals surface area contributed by atoms with E-state index in [-0.39, 0.29) is 16.7 Å². The van der Waals surface area contributed by atoms with Crippen molar-refractivity contribution < 1.29 is 19.1 Å². The van der Waals surface area contributed by atoms with Gasteiger partial charge in [0, 0.05) is 5.02 Å². The molecular weight excluding hydrogens is 509 g/mol. The molecule has 1 aliphatic rings. The summed E-state index contributed by atoms with van der Waals surface area (Å²) in [5.74, 6) is -0.788. The van der Waals surface area contributed by atoms with E-state index in [0.717, 1.165) is 16.0 Å². The average Bonchev–Trinajstić information content (AvgIpc) is 3.07. The Labute approximate surface area is 217 Å². The minimum Gasteiger partial charge on any atom is -0.484 e. The molecule has 35 heavy (non-hydrogen) atoms. The van der Waals surface area contributed by atoms with Crippen LogP contribution in [0.1, 0.15) is 31.8 Å². The topological polar surface area (TPSA) is 87.7 Å². The highest BCUT2D eigenvalue weighted by molar-refractivity contribution is 7.80. The second kappa shape index (κ2) is 10.0. The monoisotopic (exact) mass is 527 g/mol. The Morgan fingerprint density at radius 2 is 1.57 bits per heavy atom. The van der Waals surface area contributed by atoms with Crippen LogP contribution in [0, 0.1) is 13.8 Å². The lowest BCUT2D eigenvalue weighted by Gasteiger charge is -2.16. The molecule has 3 aromatic carbocycles. The first-order valence-electron chi connectivity index (χ1n) is 10.4. The van der Waals surface area contributed by atoms with Crippen LogP contribution in [0.4, 0.5) is 11.4 Å². The molecule has 0 atom stereocenters.